The van der Waals surface area contributed by atoms with Gasteiger partial charge in [-0.15, -0.1) is 0 Å². The summed E-state index contributed by atoms with van der Waals surface area (Å²) < 4.78 is 31.7. The minimum absolute atomic E-state index is 0.122. The molecule has 6 nitrogen and oxygen atoms in total. The third-order valence-electron chi connectivity index (χ3n) is 15.5. The molecule has 1 heterocycles. The molecule has 292 valence electrons. The van der Waals surface area contributed by atoms with Crippen molar-refractivity contribution in [3.05, 3.63) is 0 Å². The lowest BCUT2D eigenvalue weighted by molar-refractivity contribution is -0.153. The van der Waals surface area contributed by atoms with Crippen LogP contribution >= 0.6 is 7.60 Å². The number of unbranched alkanes of at least 4 members (excludes halogenated alkanes) is 11. The highest BCUT2D eigenvalue weighted by Gasteiger charge is 2.61. The smallest absolute Gasteiger partial charge is 0.356 e. The maximum absolute atomic E-state index is 12.9. The van der Waals surface area contributed by atoms with E-state index in [1.165, 1.54) is 116 Å². The lowest BCUT2D eigenvalue weighted by atomic mass is 9.44. The van der Waals surface area contributed by atoms with E-state index in [0.717, 1.165) is 61.7 Å². The van der Waals surface area contributed by atoms with Gasteiger partial charge in [0.2, 0.25) is 0 Å². The van der Waals surface area contributed by atoms with Crippen LogP contribution < -0.4 is 0 Å². The molecule has 0 aromatic rings. The largest absolute Gasteiger partial charge is 0.375 e. The molecule has 7 heteroatoms. The molecule has 0 aromatic heterocycles. The minimum Gasteiger partial charge on any atom is -0.375 e. The Hall–Kier alpha value is 0.0300. The van der Waals surface area contributed by atoms with Gasteiger partial charge in [0.15, 0.2) is 5.85 Å². The van der Waals surface area contributed by atoms with E-state index in [1.54, 1.807) is 0 Å². The average molecular weight is 723 g/mol. The normalized spacial score (nSPS) is 38.4. The van der Waals surface area contributed by atoms with Gasteiger partial charge >= 0.3 is 7.60 Å². The lowest BCUT2D eigenvalue weighted by Gasteiger charge is -2.61. The molecule has 1 saturated heterocycles. The van der Waals surface area contributed by atoms with E-state index in [1.807, 2.05) is 0 Å². The molecule has 50 heavy (non-hydrogen) atoms. The summed E-state index contributed by atoms with van der Waals surface area (Å²) in [6.07, 6.45) is 28.9. The summed E-state index contributed by atoms with van der Waals surface area (Å²) in [7, 11) is -4.54. The van der Waals surface area contributed by atoms with Crippen LogP contribution in [0, 0.1) is 46.3 Å². The van der Waals surface area contributed by atoms with E-state index >= 15 is 0 Å². The fourth-order valence-corrected chi connectivity index (χ4v) is 13.7. The van der Waals surface area contributed by atoms with Gasteiger partial charge in [-0.25, -0.2) is 0 Å². The highest BCUT2D eigenvalue weighted by molar-refractivity contribution is 7.52. The fourth-order valence-electron chi connectivity index (χ4n) is 12.7. The molecule has 5 aliphatic rings. The molecule has 5 fully saturated rings. The first-order chi connectivity index (χ1) is 24.0. The van der Waals surface area contributed by atoms with Crippen LogP contribution in [-0.4, -0.2) is 47.2 Å². The van der Waals surface area contributed by atoms with Gasteiger partial charge in [0.1, 0.15) is 6.10 Å². The molecular formula is C43H79O6P. The van der Waals surface area contributed by atoms with Crippen LogP contribution in [0.3, 0.4) is 0 Å². The SMILES string of the molecule is CCCCCCCCCCCCCCO[C@@H]1CCO[C@@H]1C(OC1CC[C@@]2(C)C(CCC3C2CC[C@@]2(C)C3CC[C@@H]2[C@H](C)CCC)C1)P(=O)(O)O. The van der Waals surface area contributed by atoms with Crippen LogP contribution in [0.5, 0.6) is 0 Å². The fraction of sp³-hybridized carbons (Fsp3) is 1.00. The summed E-state index contributed by atoms with van der Waals surface area (Å²) in [5, 5.41) is 0. The first kappa shape index (κ1) is 41.2. The zero-order valence-corrected chi connectivity index (χ0v) is 34.0. The third-order valence-corrected chi connectivity index (χ3v) is 16.6. The molecule has 0 bridgehead atoms. The molecule has 1 aliphatic heterocycles. The molecule has 6 unspecified atom stereocenters. The van der Waals surface area contributed by atoms with Crippen molar-refractivity contribution in [2.75, 3.05) is 13.2 Å². The van der Waals surface area contributed by atoms with Crippen LogP contribution in [0.15, 0.2) is 0 Å². The van der Waals surface area contributed by atoms with E-state index in [2.05, 4.69) is 34.6 Å². The highest BCUT2D eigenvalue weighted by atomic mass is 31.2. The van der Waals surface area contributed by atoms with Gasteiger partial charge < -0.3 is 24.0 Å². The number of hydrogen-bond donors (Lipinski definition) is 2. The Kier molecular flexibility index (Phi) is 15.7. The standard InChI is InChI=1S/C43H79O6P/c1-6-8-9-10-11-12-13-14-15-16-17-18-29-47-39-26-30-48-40(39)41(50(44,45)46)49-34-24-27-42(4)33(31-34)20-21-35-37-23-22-36(32(3)19-7-2)43(37,5)28-25-38(35)42/h32-41H,6-31H2,1-5H3,(H2,44,45,46)/t32-,33?,34?,35?,36-,37?,38?,39-,40+,41?,42+,43-/m1/s1. The Morgan fingerprint density at radius 2 is 1.40 bits per heavy atom. The quantitative estimate of drug-likeness (QED) is 0.0906. The predicted octanol–water partition coefficient (Wildman–Crippen LogP) is 11.8. The first-order valence-corrected chi connectivity index (χ1v) is 23.6. The van der Waals surface area contributed by atoms with Crippen LogP contribution in [0.1, 0.15) is 189 Å². The Balaban J connectivity index is 1.07. The van der Waals surface area contributed by atoms with Crippen LogP contribution in [0.2, 0.25) is 0 Å². The number of hydrogen-bond acceptors (Lipinski definition) is 4. The molecule has 0 radical (unpaired) electrons. The Bertz CT molecular complexity index is 1050. The summed E-state index contributed by atoms with van der Waals surface area (Å²) in [5.74, 6) is 3.58. The van der Waals surface area contributed by atoms with Crippen molar-refractivity contribution in [3.8, 4) is 0 Å². The van der Waals surface area contributed by atoms with Crippen molar-refractivity contribution in [2.24, 2.45) is 46.3 Å². The monoisotopic (exact) mass is 723 g/mol. The van der Waals surface area contributed by atoms with Crippen molar-refractivity contribution in [1.29, 1.82) is 0 Å². The molecule has 12 atom stereocenters. The summed E-state index contributed by atoms with van der Waals surface area (Å²) >= 11 is 0. The maximum Gasteiger partial charge on any atom is 0.356 e. The summed E-state index contributed by atoms with van der Waals surface area (Å²) in [6.45, 7) is 13.5. The molecule has 0 amide bonds. The lowest BCUT2D eigenvalue weighted by Crippen LogP contribution is -2.54. The Labute approximate surface area is 307 Å². The predicted molar refractivity (Wildman–Crippen MR) is 205 cm³/mol. The number of ether oxygens (including phenoxy) is 3. The van der Waals surface area contributed by atoms with Crippen molar-refractivity contribution >= 4 is 7.60 Å². The molecule has 5 rings (SSSR count). The van der Waals surface area contributed by atoms with Crippen molar-refractivity contribution in [2.45, 2.75) is 213 Å². The van der Waals surface area contributed by atoms with Gasteiger partial charge in [0.05, 0.1) is 12.2 Å². The van der Waals surface area contributed by atoms with E-state index in [4.69, 9.17) is 14.2 Å². The van der Waals surface area contributed by atoms with Crippen molar-refractivity contribution in [3.63, 3.8) is 0 Å². The van der Waals surface area contributed by atoms with Crippen molar-refractivity contribution < 1.29 is 28.6 Å². The van der Waals surface area contributed by atoms with E-state index in [-0.39, 0.29) is 12.2 Å². The second kappa shape index (κ2) is 19.1. The first-order valence-electron chi connectivity index (χ1n) is 22.0. The molecule has 0 aromatic carbocycles. The van der Waals surface area contributed by atoms with E-state index in [0.29, 0.717) is 36.4 Å². The van der Waals surface area contributed by atoms with Crippen LogP contribution in [0.4, 0.5) is 0 Å². The minimum atomic E-state index is -4.54. The van der Waals surface area contributed by atoms with Gasteiger partial charge in [-0.3, -0.25) is 4.57 Å². The van der Waals surface area contributed by atoms with E-state index < -0.39 is 19.5 Å². The van der Waals surface area contributed by atoms with Gasteiger partial charge in [-0.2, -0.15) is 0 Å². The second-order valence-corrected chi connectivity index (χ2v) is 20.3. The number of rotatable bonds is 21. The van der Waals surface area contributed by atoms with Crippen molar-refractivity contribution in [1.82, 2.24) is 0 Å². The Morgan fingerprint density at radius 3 is 2.06 bits per heavy atom. The van der Waals surface area contributed by atoms with Crippen LogP contribution in [-0.2, 0) is 18.8 Å². The summed E-state index contributed by atoms with van der Waals surface area (Å²) in [6, 6.07) is 0. The highest BCUT2D eigenvalue weighted by Crippen LogP contribution is 2.68. The van der Waals surface area contributed by atoms with Gasteiger partial charge in [0, 0.05) is 13.2 Å². The average Bonchev–Trinajstić information content (AvgIpc) is 3.69. The third kappa shape index (κ3) is 9.82. The molecule has 0 spiro atoms. The second-order valence-electron chi connectivity index (χ2n) is 18.6. The summed E-state index contributed by atoms with van der Waals surface area (Å²) in [4.78, 5) is 21.1. The molecule has 2 N–H and O–H groups in total. The van der Waals surface area contributed by atoms with E-state index in [9.17, 15) is 14.4 Å². The maximum atomic E-state index is 12.9. The van der Waals surface area contributed by atoms with Gasteiger partial charge in [-0.1, -0.05) is 118 Å². The molecular weight excluding hydrogens is 643 g/mol. The molecule has 4 saturated carbocycles. The Morgan fingerprint density at radius 1 is 0.760 bits per heavy atom. The number of fused-ring (bicyclic) bond motifs is 5. The molecule has 4 aliphatic carbocycles. The summed E-state index contributed by atoms with van der Waals surface area (Å²) in [5.41, 5.74) is 0.835. The topological polar surface area (TPSA) is 85.2 Å². The van der Waals surface area contributed by atoms with Crippen LogP contribution in [0.25, 0.3) is 0 Å². The zero-order chi connectivity index (χ0) is 35.8. The zero-order valence-electron chi connectivity index (χ0n) is 33.1. The van der Waals surface area contributed by atoms with Gasteiger partial charge in [0.25, 0.3) is 0 Å². The van der Waals surface area contributed by atoms with Gasteiger partial charge in [-0.05, 0) is 117 Å².